The van der Waals surface area contributed by atoms with Crippen molar-refractivity contribution in [2.24, 2.45) is 0 Å². The predicted octanol–water partition coefficient (Wildman–Crippen LogP) is 4.39. The van der Waals surface area contributed by atoms with Crippen molar-refractivity contribution in [2.45, 2.75) is 19.5 Å². The Morgan fingerprint density at radius 3 is 2.36 bits per heavy atom. The summed E-state index contributed by atoms with van der Waals surface area (Å²) in [5, 5.41) is 11.3. The first kappa shape index (κ1) is 20.8. The lowest BCUT2D eigenvalue weighted by Gasteiger charge is -2.25. The maximum atomic E-state index is 13.2. The number of aliphatic hydroxyl groups is 1. The van der Waals surface area contributed by atoms with E-state index in [0.717, 1.165) is 16.7 Å². The predicted molar refractivity (Wildman–Crippen MR) is 123 cm³/mol. The van der Waals surface area contributed by atoms with Crippen LogP contribution in [0.25, 0.3) is 5.76 Å². The molecule has 6 nitrogen and oxygen atoms in total. The molecule has 0 aromatic heterocycles. The highest BCUT2D eigenvalue weighted by Crippen LogP contribution is 2.41. The molecule has 0 spiro atoms. The van der Waals surface area contributed by atoms with Crippen LogP contribution in [0.4, 0.5) is 0 Å². The first-order valence-electron chi connectivity index (χ1n) is 10.8. The summed E-state index contributed by atoms with van der Waals surface area (Å²) in [6, 6.07) is 21.4. The van der Waals surface area contributed by atoms with Gasteiger partial charge in [-0.15, -0.1) is 0 Å². The average Bonchev–Trinajstić information content (AvgIpc) is 3.09. The van der Waals surface area contributed by atoms with E-state index in [4.69, 9.17) is 9.47 Å². The molecule has 1 unspecified atom stereocenters. The van der Waals surface area contributed by atoms with Crippen molar-refractivity contribution < 1.29 is 24.2 Å². The quantitative estimate of drug-likeness (QED) is 0.369. The van der Waals surface area contributed by atoms with Gasteiger partial charge in [0.05, 0.1) is 11.6 Å². The molecule has 1 N–H and O–H groups in total. The Bertz CT molecular complexity index is 1250. The van der Waals surface area contributed by atoms with Gasteiger partial charge in [0.15, 0.2) is 11.5 Å². The molecule has 2 aliphatic heterocycles. The van der Waals surface area contributed by atoms with Gasteiger partial charge in [-0.1, -0.05) is 60.2 Å². The third kappa shape index (κ3) is 3.84. The molecule has 2 heterocycles. The summed E-state index contributed by atoms with van der Waals surface area (Å²) in [4.78, 5) is 27.8. The van der Waals surface area contributed by atoms with Crippen LogP contribution in [0, 0.1) is 6.92 Å². The average molecular weight is 441 g/mol. The van der Waals surface area contributed by atoms with Crippen LogP contribution in [0.3, 0.4) is 0 Å². The minimum absolute atomic E-state index is 0.0662. The molecule has 0 saturated carbocycles. The summed E-state index contributed by atoms with van der Waals surface area (Å²) < 4.78 is 11.2. The Morgan fingerprint density at radius 1 is 0.939 bits per heavy atom. The minimum Gasteiger partial charge on any atom is -0.507 e. The third-order valence-electron chi connectivity index (χ3n) is 5.94. The Balaban J connectivity index is 1.63. The molecule has 3 aromatic rings. The van der Waals surface area contributed by atoms with E-state index in [2.05, 4.69) is 0 Å². The molecule has 2 aliphatic rings. The van der Waals surface area contributed by atoms with Gasteiger partial charge >= 0.3 is 0 Å². The molecule has 1 atom stereocenters. The second-order valence-corrected chi connectivity index (χ2v) is 8.18. The first-order chi connectivity index (χ1) is 16.0. The third-order valence-corrected chi connectivity index (χ3v) is 5.94. The van der Waals surface area contributed by atoms with Gasteiger partial charge in [-0.25, -0.2) is 0 Å². The van der Waals surface area contributed by atoms with Crippen molar-refractivity contribution in [1.29, 1.82) is 0 Å². The fourth-order valence-electron chi connectivity index (χ4n) is 4.26. The van der Waals surface area contributed by atoms with E-state index in [9.17, 15) is 14.7 Å². The largest absolute Gasteiger partial charge is 0.507 e. The SMILES string of the molecule is Cc1ccc(C2/C(=C(/O)c3ccc4c(c3)OCCO4)C(=O)C(=O)N2Cc2ccccc2)cc1. The number of carbonyl (C=O) groups excluding carboxylic acids is 2. The van der Waals surface area contributed by atoms with Crippen molar-refractivity contribution in [1.82, 2.24) is 4.90 Å². The van der Waals surface area contributed by atoms with Crippen LogP contribution in [0.2, 0.25) is 0 Å². The van der Waals surface area contributed by atoms with Crippen molar-refractivity contribution in [3.63, 3.8) is 0 Å². The van der Waals surface area contributed by atoms with Gasteiger partial charge in [-0.05, 0) is 36.2 Å². The highest BCUT2D eigenvalue weighted by Gasteiger charge is 2.46. The second kappa shape index (κ2) is 8.47. The number of hydrogen-bond donors (Lipinski definition) is 1. The van der Waals surface area contributed by atoms with Gasteiger partial charge < -0.3 is 19.5 Å². The van der Waals surface area contributed by atoms with Gasteiger partial charge in [0.2, 0.25) is 0 Å². The molecular weight excluding hydrogens is 418 g/mol. The number of aliphatic hydroxyl groups excluding tert-OH is 1. The topological polar surface area (TPSA) is 76.1 Å². The smallest absolute Gasteiger partial charge is 0.295 e. The Kier molecular flexibility index (Phi) is 5.34. The van der Waals surface area contributed by atoms with E-state index in [1.54, 1.807) is 18.2 Å². The molecule has 5 rings (SSSR count). The number of carbonyl (C=O) groups is 2. The van der Waals surface area contributed by atoms with E-state index in [1.165, 1.54) is 4.90 Å². The highest BCUT2D eigenvalue weighted by molar-refractivity contribution is 6.46. The number of rotatable bonds is 4. The number of ether oxygens (including phenoxy) is 2. The zero-order valence-electron chi connectivity index (χ0n) is 18.2. The minimum atomic E-state index is -0.709. The number of nitrogens with zero attached hydrogens (tertiary/aromatic N) is 1. The number of likely N-dealkylation sites (tertiary alicyclic amines) is 1. The number of benzene rings is 3. The Hall–Kier alpha value is -4.06. The molecule has 0 radical (unpaired) electrons. The van der Waals surface area contributed by atoms with Crippen LogP contribution in [0.1, 0.15) is 28.3 Å². The lowest BCUT2D eigenvalue weighted by molar-refractivity contribution is -0.140. The van der Waals surface area contributed by atoms with Gasteiger partial charge in [-0.2, -0.15) is 0 Å². The molecule has 1 fully saturated rings. The van der Waals surface area contributed by atoms with Crippen LogP contribution < -0.4 is 9.47 Å². The zero-order chi connectivity index (χ0) is 22.9. The van der Waals surface area contributed by atoms with Gasteiger partial charge in [0.1, 0.15) is 19.0 Å². The molecule has 1 amide bonds. The summed E-state index contributed by atoms with van der Waals surface area (Å²) in [6.45, 7) is 3.08. The molecule has 6 heteroatoms. The molecule has 0 aliphatic carbocycles. The van der Waals surface area contributed by atoms with Gasteiger partial charge in [0.25, 0.3) is 11.7 Å². The summed E-state index contributed by atoms with van der Waals surface area (Å²) >= 11 is 0. The normalized spacial score (nSPS) is 19.1. The van der Waals surface area contributed by atoms with E-state index in [1.807, 2.05) is 61.5 Å². The fourth-order valence-corrected chi connectivity index (χ4v) is 4.26. The van der Waals surface area contributed by atoms with Crippen molar-refractivity contribution in [3.8, 4) is 11.5 Å². The molecule has 3 aromatic carbocycles. The van der Waals surface area contributed by atoms with E-state index >= 15 is 0 Å². The van der Waals surface area contributed by atoms with Crippen LogP contribution in [-0.4, -0.2) is 34.9 Å². The molecule has 33 heavy (non-hydrogen) atoms. The number of ketones is 1. The van der Waals surface area contributed by atoms with Crippen LogP contribution in [-0.2, 0) is 16.1 Å². The standard InChI is InChI=1S/C27H23NO5/c1-17-7-9-19(10-8-17)24-23(25(29)20-11-12-21-22(15-20)33-14-13-32-21)26(30)27(31)28(24)16-18-5-3-2-4-6-18/h2-12,15,24,29H,13-14,16H2,1H3/b25-23-. The Labute approximate surface area is 191 Å². The van der Waals surface area contributed by atoms with Crippen molar-refractivity contribution in [2.75, 3.05) is 13.2 Å². The zero-order valence-corrected chi connectivity index (χ0v) is 18.2. The number of amides is 1. The van der Waals surface area contributed by atoms with Crippen LogP contribution >= 0.6 is 0 Å². The fraction of sp³-hybridized carbons (Fsp3) is 0.185. The summed E-state index contributed by atoms with van der Waals surface area (Å²) in [5.41, 5.74) is 3.18. The van der Waals surface area contributed by atoms with Crippen molar-refractivity contribution >= 4 is 17.4 Å². The molecule has 0 bridgehead atoms. The van der Waals surface area contributed by atoms with Crippen LogP contribution in [0.15, 0.2) is 78.4 Å². The lowest BCUT2D eigenvalue weighted by atomic mass is 9.94. The van der Waals surface area contributed by atoms with Gasteiger partial charge in [-0.3, -0.25) is 9.59 Å². The van der Waals surface area contributed by atoms with E-state index < -0.39 is 17.7 Å². The van der Waals surface area contributed by atoms with Crippen LogP contribution in [0.5, 0.6) is 11.5 Å². The number of hydrogen-bond acceptors (Lipinski definition) is 5. The number of Topliss-reactive ketones (excluding diaryl/α,β-unsaturated/α-hetero) is 1. The lowest BCUT2D eigenvalue weighted by Crippen LogP contribution is -2.29. The maximum Gasteiger partial charge on any atom is 0.295 e. The summed E-state index contributed by atoms with van der Waals surface area (Å²) in [5.74, 6) is -0.494. The summed E-state index contributed by atoms with van der Waals surface area (Å²) in [7, 11) is 0. The van der Waals surface area contributed by atoms with E-state index in [-0.39, 0.29) is 17.9 Å². The monoisotopic (exact) mass is 441 g/mol. The second-order valence-electron chi connectivity index (χ2n) is 8.18. The molecule has 166 valence electrons. The highest BCUT2D eigenvalue weighted by atomic mass is 16.6. The first-order valence-corrected chi connectivity index (χ1v) is 10.8. The van der Waals surface area contributed by atoms with Crippen molar-refractivity contribution in [3.05, 3.63) is 101 Å². The van der Waals surface area contributed by atoms with Gasteiger partial charge in [0, 0.05) is 12.1 Å². The summed E-state index contributed by atoms with van der Waals surface area (Å²) in [6.07, 6.45) is 0. The molecular formula is C27H23NO5. The Morgan fingerprint density at radius 2 is 1.64 bits per heavy atom. The molecule has 1 saturated heterocycles. The number of fused-ring (bicyclic) bond motifs is 1. The van der Waals surface area contributed by atoms with E-state index in [0.29, 0.717) is 30.3 Å². The maximum absolute atomic E-state index is 13.2. The number of aryl methyl sites for hydroxylation is 1.